The van der Waals surface area contributed by atoms with Gasteiger partial charge in [0.05, 0.1) is 6.61 Å². The zero-order valence-corrected chi connectivity index (χ0v) is 27.9. The first-order valence-corrected chi connectivity index (χ1v) is 18.3. The van der Waals surface area contributed by atoms with Crippen LogP contribution >= 0.6 is 0 Å². The van der Waals surface area contributed by atoms with Crippen molar-refractivity contribution in [2.45, 2.75) is 14.7 Å². The first kappa shape index (κ1) is 36.1. The lowest BCUT2D eigenvalue weighted by molar-refractivity contribution is 0.101. The molecule has 1 atom stereocenters. The number of methoxy groups -OCH3 is 1. The quantitative estimate of drug-likeness (QED) is 0.0855. The average molecular weight is 715 g/mol. The van der Waals surface area contributed by atoms with Gasteiger partial charge in [0.25, 0.3) is 32.1 Å². The fourth-order valence-corrected chi connectivity index (χ4v) is 6.21. The molecule has 0 saturated carbocycles. The number of hydrogen-bond donors (Lipinski definition) is 4. The molecule has 0 heterocycles. The predicted octanol–water partition coefficient (Wildman–Crippen LogP) is 4.62. The highest BCUT2D eigenvalue weighted by molar-refractivity contribution is 7.86. The molecule has 0 radical (unpaired) electrons. The Kier molecular flexibility index (Phi) is 11.6. The summed E-state index contributed by atoms with van der Waals surface area (Å²) in [4.78, 5) is 24.8. The molecule has 0 spiro atoms. The number of amides is 2. The Labute approximate surface area is 279 Å². The summed E-state index contributed by atoms with van der Waals surface area (Å²) in [6, 6.07) is 19.5. The molecule has 0 fully saturated rings. The molecule has 0 aromatic heterocycles. The van der Waals surface area contributed by atoms with Gasteiger partial charge in [-0.15, -0.1) is 0 Å². The third kappa shape index (κ3) is 9.66. The number of anilines is 2. The van der Waals surface area contributed by atoms with Crippen molar-refractivity contribution in [3.05, 3.63) is 107 Å². The van der Waals surface area contributed by atoms with Gasteiger partial charge in [0.1, 0.15) is 22.1 Å². The maximum absolute atomic E-state index is 12.8. The molecular formula is C32H30N2O11S3. The summed E-state index contributed by atoms with van der Waals surface area (Å²) < 4.78 is 90.8. The molecule has 252 valence electrons. The van der Waals surface area contributed by atoms with Gasteiger partial charge < -0.3 is 20.1 Å². The number of ether oxygens (including phenoxy) is 2. The topological polar surface area (TPSA) is 202 Å². The summed E-state index contributed by atoms with van der Waals surface area (Å²) in [7, 11) is -9.37. The van der Waals surface area contributed by atoms with E-state index in [2.05, 4.69) is 10.6 Å². The van der Waals surface area contributed by atoms with Crippen molar-refractivity contribution in [3.63, 3.8) is 0 Å². The molecule has 0 aliphatic heterocycles. The van der Waals surface area contributed by atoms with Gasteiger partial charge in [0.2, 0.25) is 0 Å². The third-order valence-corrected chi connectivity index (χ3v) is 9.42. The zero-order valence-electron chi connectivity index (χ0n) is 25.4. The van der Waals surface area contributed by atoms with E-state index in [-0.39, 0.29) is 33.6 Å². The first-order valence-electron chi connectivity index (χ1n) is 13.8. The van der Waals surface area contributed by atoms with Crippen LogP contribution in [0.2, 0.25) is 0 Å². The van der Waals surface area contributed by atoms with Gasteiger partial charge in [-0.05, 0) is 83.9 Å². The molecule has 0 bridgehead atoms. The lowest BCUT2D eigenvalue weighted by atomic mass is 10.1. The van der Waals surface area contributed by atoms with E-state index in [9.17, 15) is 39.7 Å². The van der Waals surface area contributed by atoms with Crippen molar-refractivity contribution in [2.75, 3.05) is 37.2 Å². The highest BCUT2D eigenvalue weighted by Crippen LogP contribution is 2.27. The van der Waals surface area contributed by atoms with Crippen LogP contribution in [0.4, 0.5) is 11.4 Å². The fraction of sp³-hybridized carbons (Fsp3) is 0.125. The minimum absolute atomic E-state index is 0.0277. The standard InChI is InChI=1S/C32H30N2O11S3/c1-44-17-18-45-27-13-7-23(8-14-27)31(35)33-25-11-5-21(29(19-25)47(38,39)40)3-4-22-6-12-26(20-30(22)48(41,42)43)34-32(36)24-9-15-28(16-10-24)46(2)37/h3-16,19-20H,17-18H2,1-2H3,(H,33,35)(H,34,36)(H,38,39,40)(H,41,42,43). The third-order valence-electron chi connectivity index (χ3n) is 6.66. The lowest BCUT2D eigenvalue weighted by Gasteiger charge is -2.11. The van der Waals surface area contributed by atoms with Crippen LogP contribution in [-0.4, -0.2) is 68.5 Å². The molecule has 0 saturated heterocycles. The second-order valence-electron chi connectivity index (χ2n) is 10.0. The van der Waals surface area contributed by atoms with Crippen LogP contribution in [0.1, 0.15) is 31.8 Å². The smallest absolute Gasteiger partial charge is 0.295 e. The van der Waals surface area contributed by atoms with Gasteiger partial charge >= 0.3 is 0 Å². The van der Waals surface area contributed by atoms with Crippen molar-refractivity contribution < 1.29 is 49.2 Å². The Bertz CT molecular complexity index is 2100. The van der Waals surface area contributed by atoms with Crippen LogP contribution in [0.15, 0.2) is 99.6 Å². The summed E-state index contributed by atoms with van der Waals surface area (Å²) in [5.74, 6) is -0.646. The lowest BCUT2D eigenvalue weighted by Crippen LogP contribution is -2.13. The largest absolute Gasteiger partial charge is 0.491 e. The molecule has 1 unspecified atom stereocenters. The number of hydrogen-bond acceptors (Lipinski definition) is 9. The molecular weight excluding hydrogens is 685 g/mol. The second-order valence-corrected chi connectivity index (χ2v) is 14.2. The molecule has 0 aliphatic carbocycles. The van der Waals surface area contributed by atoms with E-state index >= 15 is 0 Å². The van der Waals surface area contributed by atoms with Crippen molar-refractivity contribution >= 4 is 66.4 Å². The zero-order chi connectivity index (χ0) is 35.1. The molecule has 2 amide bonds. The van der Waals surface area contributed by atoms with E-state index in [1.165, 1.54) is 86.2 Å². The monoisotopic (exact) mass is 714 g/mol. The summed E-state index contributed by atoms with van der Waals surface area (Å²) in [6.45, 7) is 0.710. The number of nitrogens with one attached hydrogen (secondary N) is 2. The van der Waals surface area contributed by atoms with Gasteiger partial charge in [0.15, 0.2) is 0 Å². The van der Waals surface area contributed by atoms with Gasteiger partial charge in [-0.1, -0.05) is 24.3 Å². The molecule has 16 heteroatoms. The van der Waals surface area contributed by atoms with Crippen LogP contribution in [0.5, 0.6) is 5.75 Å². The summed E-state index contributed by atoms with van der Waals surface area (Å²) in [6.07, 6.45) is 3.88. The van der Waals surface area contributed by atoms with Gasteiger partial charge in [0, 0.05) is 51.6 Å². The molecule has 4 aromatic carbocycles. The molecule has 13 nitrogen and oxygen atoms in total. The maximum Gasteiger partial charge on any atom is 0.295 e. The molecule has 4 aromatic rings. The summed E-state index contributed by atoms with van der Waals surface area (Å²) in [5.41, 5.74) is 0.388. The SMILES string of the molecule is COCCOc1ccc(C(=O)Nc2ccc(C=Cc3ccc(NC(=O)c4ccc(S(C)=O)cc4)cc3S(=O)(=O)O)c(S(=O)(=O)O)c2)cc1. The van der Waals surface area contributed by atoms with Crippen LogP contribution in [0.3, 0.4) is 0 Å². The number of rotatable bonds is 13. The van der Waals surface area contributed by atoms with Crippen molar-refractivity contribution in [1.82, 2.24) is 0 Å². The van der Waals surface area contributed by atoms with E-state index in [1.807, 2.05) is 0 Å². The summed E-state index contributed by atoms with van der Waals surface area (Å²) in [5, 5.41) is 5.08. The normalized spacial score (nSPS) is 12.4. The van der Waals surface area contributed by atoms with E-state index in [4.69, 9.17) is 9.47 Å². The predicted molar refractivity (Wildman–Crippen MR) is 180 cm³/mol. The Balaban J connectivity index is 1.56. The van der Waals surface area contributed by atoms with Gasteiger partial charge in [-0.2, -0.15) is 16.8 Å². The van der Waals surface area contributed by atoms with Crippen LogP contribution < -0.4 is 15.4 Å². The highest BCUT2D eigenvalue weighted by Gasteiger charge is 2.19. The van der Waals surface area contributed by atoms with Gasteiger partial charge in [-0.3, -0.25) is 22.9 Å². The minimum atomic E-state index is -4.83. The van der Waals surface area contributed by atoms with Gasteiger partial charge in [-0.25, -0.2) is 0 Å². The Morgan fingerprint density at radius 3 is 1.54 bits per heavy atom. The molecule has 48 heavy (non-hydrogen) atoms. The maximum atomic E-state index is 12.8. The van der Waals surface area contributed by atoms with Crippen LogP contribution in [-0.2, 0) is 35.8 Å². The average Bonchev–Trinajstić information content (AvgIpc) is 3.04. The van der Waals surface area contributed by atoms with E-state index in [0.717, 1.165) is 12.1 Å². The number of carbonyl (C=O) groups excluding carboxylic acids is 2. The summed E-state index contributed by atoms with van der Waals surface area (Å²) >= 11 is 0. The molecule has 4 N–H and O–H groups in total. The number of benzene rings is 4. The fourth-order valence-electron chi connectivity index (χ4n) is 4.28. The van der Waals surface area contributed by atoms with E-state index < -0.39 is 52.6 Å². The van der Waals surface area contributed by atoms with Crippen molar-refractivity contribution in [2.24, 2.45) is 0 Å². The van der Waals surface area contributed by atoms with E-state index in [0.29, 0.717) is 23.9 Å². The second kappa shape index (κ2) is 15.5. The Morgan fingerprint density at radius 1 is 0.708 bits per heavy atom. The van der Waals surface area contributed by atoms with Crippen LogP contribution in [0.25, 0.3) is 12.2 Å². The van der Waals surface area contributed by atoms with Crippen LogP contribution in [0, 0.1) is 0 Å². The first-order chi connectivity index (χ1) is 22.7. The Hall–Kier alpha value is -4.71. The highest BCUT2D eigenvalue weighted by atomic mass is 32.2. The number of carbonyl (C=O) groups is 2. The minimum Gasteiger partial charge on any atom is -0.491 e. The Morgan fingerprint density at radius 2 is 1.15 bits per heavy atom. The van der Waals surface area contributed by atoms with E-state index in [1.54, 1.807) is 12.1 Å². The molecule has 4 rings (SSSR count). The van der Waals surface area contributed by atoms with Crippen molar-refractivity contribution in [1.29, 1.82) is 0 Å². The molecule has 0 aliphatic rings. The van der Waals surface area contributed by atoms with Crippen molar-refractivity contribution in [3.8, 4) is 5.75 Å².